The average Bonchev–Trinajstić information content (AvgIpc) is 2.99. The molecule has 0 aliphatic heterocycles. The number of halogens is 2. The van der Waals surface area contributed by atoms with Crippen LogP contribution in [0.15, 0.2) is 54.9 Å². The molecule has 1 aromatic heterocycles. The first-order chi connectivity index (χ1) is 11.2. The number of rotatable bonds is 5. The van der Waals surface area contributed by atoms with Crippen molar-refractivity contribution >= 4 is 30.7 Å². The summed E-state index contributed by atoms with van der Waals surface area (Å²) < 4.78 is 0. The van der Waals surface area contributed by atoms with E-state index in [1.54, 1.807) is 12.4 Å². The van der Waals surface area contributed by atoms with Gasteiger partial charge in [-0.25, -0.2) is 0 Å². The van der Waals surface area contributed by atoms with Gasteiger partial charge in [-0.05, 0) is 36.0 Å². The zero-order valence-electron chi connectivity index (χ0n) is 14.0. The Bertz CT molecular complexity index is 600. The molecule has 1 saturated carbocycles. The van der Waals surface area contributed by atoms with E-state index in [2.05, 4.69) is 10.3 Å². The second kappa shape index (κ2) is 10.4. The molecule has 4 nitrogen and oxygen atoms in total. The van der Waals surface area contributed by atoms with E-state index in [-0.39, 0.29) is 42.8 Å². The van der Waals surface area contributed by atoms with Crippen molar-refractivity contribution in [3.05, 3.63) is 66.0 Å². The van der Waals surface area contributed by atoms with Crippen LogP contribution >= 0.6 is 24.8 Å². The molecule has 1 aromatic carbocycles. The summed E-state index contributed by atoms with van der Waals surface area (Å²) in [6, 6.07) is 13.9. The van der Waals surface area contributed by atoms with Crippen LogP contribution in [0.3, 0.4) is 0 Å². The molecule has 1 fully saturated rings. The van der Waals surface area contributed by atoms with Gasteiger partial charge in [0.15, 0.2) is 0 Å². The summed E-state index contributed by atoms with van der Waals surface area (Å²) in [6.07, 6.45) is 7.26. The van der Waals surface area contributed by atoms with E-state index in [4.69, 9.17) is 5.73 Å². The Morgan fingerprint density at radius 2 is 1.84 bits per heavy atom. The molecule has 3 atom stereocenters. The van der Waals surface area contributed by atoms with Gasteiger partial charge in [-0.15, -0.1) is 24.8 Å². The van der Waals surface area contributed by atoms with Crippen molar-refractivity contribution in [1.82, 2.24) is 10.3 Å². The minimum atomic E-state index is -0.171. The van der Waals surface area contributed by atoms with Crippen LogP contribution in [0.4, 0.5) is 0 Å². The molecule has 2 aromatic rings. The van der Waals surface area contributed by atoms with Gasteiger partial charge in [0.25, 0.3) is 0 Å². The molecule has 1 heterocycles. The molecule has 6 heteroatoms. The lowest BCUT2D eigenvalue weighted by Crippen LogP contribution is -2.34. The summed E-state index contributed by atoms with van der Waals surface area (Å²) in [5, 5.41) is 3.16. The van der Waals surface area contributed by atoms with E-state index >= 15 is 0 Å². The lowest BCUT2D eigenvalue weighted by atomic mass is 9.97. The highest BCUT2D eigenvalue weighted by molar-refractivity contribution is 5.85. The lowest BCUT2D eigenvalue weighted by Gasteiger charge is -2.21. The number of hydrogen-bond acceptors (Lipinski definition) is 3. The molecule has 0 radical (unpaired) electrons. The molecule has 0 bridgehead atoms. The monoisotopic (exact) mass is 381 g/mol. The van der Waals surface area contributed by atoms with Crippen LogP contribution in [0.2, 0.25) is 0 Å². The zero-order valence-corrected chi connectivity index (χ0v) is 15.6. The molecule has 136 valence electrons. The van der Waals surface area contributed by atoms with E-state index in [0.717, 1.165) is 30.4 Å². The standard InChI is InChI=1S/C19H23N3O.2ClH/c20-17-10-4-8-15(17)12-18(23)22-19(14-6-2-1-3-7-14)16-9-5-11-21-13-16;;/h1-3,5-7,9,11,13,15,17,19H,4,8,10,12,20H2,(H,22,23);2*1H/t15-,17+,19?;;/m0../s1. The van der Waals surface area contributed by atoms with Crippen LogP contribution in [0.5, 0.6) is 0 Å². The fourth-order valence-electron chi connectivity index (χ4n) is 3.33. The van der Waals surface area contributed by atoms with Gasteiger partial charge >= 0.3 is 0 Å². The molecule has 1 aliphatic carbocycles. The van der Waals surface area contributed by atoms with E-state index < -0.39 is 0 Å². The lowest BCUT2D eigenvalue weighted by molar-refractivity contribution is -0.122. The van der Waals surface area contributed by atoms with Gasteiger partial charge in [-0.1, -0.05) is 42.8 Å². The Morgan fingerprint density at radius 3 is 2.44 bits per heavy atom. The zero-order chi connectivity index (χ0) is 16.1. The second-order valence-electron chi connectivity index (χ2n) is 6.26. The molecular formula is C19H25Cl2N3O. The summed E-state index contributed by atoms with van der Waals surface area (Å²) in [6.45, 7) is 0. The second-order valence-corrected chi connectivity index (χ2v) is 6.26. The maximum atomic E-state index is 12.5. The van der Waals surface area contributed by atoms with Gasteiger partial charge in [0.05, 0.1) is 6.04 Å². The smallest absolute Gasteiger partial charge is 0.221 e. The summed E-state index contributed by atoms with van der Waals surface area (Å²) in [7, 11) is 0. The Balaban J connectivity index is 0.00000156. The molecular weight excluding hydrogens is 357 g/mol. The van der Waals surface area contributed by atoms with Crippen LogP contribution in [0.1, 0.15) is 42.9 Å². The third-order valence-electron chi connectivity index (χ3n) is 4.62. The van der Waals surface area contributed by atoms with Crippen molar-refractivity contribution in [3.63, 3.8) is 0 Å². The maximum Gasteiger partial charge on any atom is 0.221 e. The molecule has 3 N–H and O–H groups in total. The predicted octanol–water partition coefficient (Wildman–Crippen LogP) is 3.65. The van der Waals surface area contributed by atoms with Gasteiger partial charge in [-0.2, -0.15) is 0 Å². The third kappa shape index (κ3) is 5.70. The fraction of sp³-hybridized carbons (Fsp3) is 0.368. The molecule has 1 amide bonds. The highest BCUT2D eigenvalue weighted by Crippen LogP contribution is 2.28. The molecule has 0 saturated heterocycles. The predicted molar refractivity (Wildman–Crippen MR) is 105 cm³/mol. The minimum absolute atomic E-state index is 0. The van der Waals surface area contributed by atoms with Gasteiger partial charge < -0.3 is 11.1 Å². The van der Waals surface area contributed by atoms with E-state index in [1.807, 2.05) is 42.5 Å². The van der Waals surface area contributed by atoms with Crippen molar-refractivity contribution < 1.29 is 4.79 Å². The van der Waals surface area contributed by atoms with Crippen molar-refractivity contribution in [1.29, 1.82) is 0 Å². The Hall–Kier alpha value is -1.62. The summed E-state index contributed by atoms with van der Waals surface area (Å²) in [4.78, 5) is 16.7. The van der Waals surface area contributed by atoms with Crippen molar-refractivity contribution in [2.75, 3.05) is 0 Å². The maximum absolute atomic E-state index is 12.5. The van der Waals surface area contributed by atoms with Crippen molar-refractivity contribution in [3.8, 4) is 0 Å². The fourth-order valence-corrected chi connectivity index (χ4v) is 3.33. The Morgan fingerprint density at radius 1 is 1.12 bits per heavy atom. The van der Waals surface area contributed by atoms with Crippen molar-refractivity contribution in [2.45, 2.75) is 37.8 Å². The highest BCUT2D eigenvalue weighted by atomic mass is 35.5. The van der Waals surface area contributed by atoms with Gasteiger partial charge in [0.2, 0.25) is 5.91 Å². The number of nitrogens with zero attached hydrogens (tertiary/aromatic N) is 1. The third-order valence-corrected chi connectivity index (χ3v) is 4.62. The number of amides is 1. The number of nitrogens with two attached hydrogens (primary N) is 1. The number of carbonyl (C=O) groups excluding carboxylic acids is 1. The quantitative estimate of drug-likeness (QED) is 0.830. The van der Waals surface area contributed by atoms with Crippen LogP contribution in [0.25, 0.3) is 0 Å². The largest absolute Gasteiger partial charge is 0.345 e. The van der Waals surface area contributed by atoms with Crippen LogP contribution < -0.4 is 11.1 Å². The number of carbonyl (C=O) groups is 1. The molecule has 25 heavy (non-hydrogen) atoms. The van der Waals surface area contributed by atoms with Crippen LogP contribution in [-0.2, 0) is 4.79 Å². The number of pyridine rings is 1. The number of aromatic nitrogens is 1. The summed E-state index contributed by atoms with van der Waals surface area (Å²) in [5.41, 5.74) is 8.14. The van der Waals surface area contributed by atoms with E-state index in [0.29, 0.717) is 12.3 Å². The van der Waals surface area contributed by atoms with Crippen molar-refractivity contribution in [2.24, 2.45) is 11.7 Å². The number of hydrogen-bond donors (Lipinski definition) is 2. The SMILES string of the molecule is Cl.Cl.N[C@@H]1CCC[C@H]1CC(=O)NC(c1ccccc1)c1cccnc1. The summed E-state index contributed by atoms with van der Waals surface area (Å²) >= 11 is 0. The Kier molecular flexibility index (Phi) is 8.90. The molecule has 1 aliphatic rings. The average molecular weight is 382 g/mol. The molecule has 0 spiro atoms. The summed E-state index contributed by atoms with van der Waals surface area (Å²) in [5.74, 6) is 0.366. The van der Waals surface area contributed by atoms with Crippen LogP contribution in [-0.4, -0.2) is 16.9 Å². The van der Waals surface area contributed by atoms with E-state index in [9.17, 15) is 4.79 Å². The first-order valence-electron chi connectivity index (χ1n) is 8.24. The van der Waals surface area contributed by atoms with Gasteiger partial charge in [-0.3, -0.25) is 9.78 Å². The number of nitrogens with one attached hydrogen (secondary N) is 1. The topological polar surface area (TPSA) is 68.0 Å². The highest BCUT2D eigenvalue weighted by Gasteiger charge is 2.27. The van der Waals surface area contributed by atoms with Gasteiger partial charge in [0.1, 0.15) is 0 Å². The molecule has 1 unspecified atom stereocenters. The van der Waals surface area contributed by atoms with Crippen LogP contribution in [0, 0.1) is 5.92 Å². The first kappa shape index (κ1) is 21.4. The number of benzene rings is 1. The van der Waals surface area contributed by atoms with Gasteiger partial charge in [0, 0.05) is 24.9 Å². The normalized spacial score (nSPS) is 20.0. The Labute approximate surface area is 161 Å². The minimum Gasteiger partial charge on any atom is -0.345 e. The first-order valence-corrected chi connectivity index (χ1v) is 8.24. The molecule has 3 rings (SSSR count). The van der Waals surface area contributed by atoms with E-state index in [1.165, 1.54) is 0 Å².